The summed E-state index contributed by atoms with van der Waals surface area (Å²) in [5.74, 6) is -1.68. The van der Waals surface area contributed by atoms with Crippen molar-refractivity contribution in [3.8, 4) is 17.4 Å². The van der Waals surface area contributed by atoms with Crippen LogP contribution in [-0.4, -0.2) is 71.7 Å². The zero-order chi connectivity index (χ0) is 29.3. The highest BCUT2D eigenvalue weighted by atomic mass is 79.9. The van der Waals surface area contributed by atoms with Crippen LogP contribution in [0.2, 0.25) is 0 Å². The Kier molecular flexibility index (Phi) is 8.45. The van der Waals surface area contributed by atoms with Crippen LogP contribution >= 0.6 is 15.9 Å². The van der Waals surface area contributed by atoms with E-state index < -0.39 is 35.4 Å². The number of methoxy groups -OCH3 is 1. The molecule has 1 aromatic heterocycles. The van der Waals surface area contributed by atoms with Gasteiger partial charge in [-0.1, -0.05) is 12.2 Å². The molecule has 0 spiro atoms. The van der Waals surface area contributed by atoms with Crippen LogP contribution in [0.3, 0.4) is 0 Å². The van der Waals surface area contributed by atoms with Crippen molar-refractivity contribution in [3.63, 3.8) is 0 Å². The third-order valence-electron chi connectivity index (χ3n) is 8.40. The van der Waals surface area contributed by atoms with Crippen LogP contribution in [0.15, 0.2) is 34.8 Å². The number of hydrogen-bond acceptors (Lipinski definition) is 7. The lowest BCUT2D eigenvalue weighted by Gasteiger charge is -2.26. The molecular weight excluding hydrogens is 594 g/mol. The first-order chi connectivity index (χ1) is 19.7. The van der Waals surface area contributed by atoms with Gasteiger partial charge in [-0.3, -0.25) is 9.59 Å². The molecule has 0 bridgehead atoms. The van der Waals surface area contributed by atoms with Crippen molar-refractivity contribution in [2.75, 3.05) is 27.3 Å². The topological polar surface area (TPSA) is 127 Å². The molecule has 1 aromatic carbocycles. The Balaban J connectivity index is 1.46. The summed E-state index contributed by atoms with van der Waals surface area (Å²) >= 11 is 3.57. The Morgan fingerprint density at radius 3 is 2.73 bits per heavy atom. The number of benzene rings is 1. The predicted octanol–water partition coefficient (Wildman–Crippen LogP) is 4.34. The normalized spacial score (nSPS) is 29.1. The Morgan fingerprint density at radius 1 is 1.22 bits per heavy atom. The molecule has 41 heavy (non-hydrogen) atoms. The maximum Gasteiger partial charge on any atom is 0.330 e. The van der Waals surface area contributed by atoms with Gasteiger partial charge in [0.05, 0.1) is 35.5 Å². The third kappa shape index (κ3) is 5.73. The fourth-order valence-electron chi connectivity index (χ4n) is 6.03. The Bertz CT molecular complexity index is 1380. The molecule has 2 heterocycles. The molecule has 2 saturated carbocycles. The molecular formula is C30H36BrN3O7. The van der Waals surface area contributed by atoms with Crippen LogP contribution in [0.4, 0.5) is 0 Å². The van der Waals surface area contributed by atoms with Gasteiger partial charge in [0.15, 0.2) is 0 Å². The van der Waals surface area contributed by atoms with E-state index in [1.807, 2.05) is 31.2 Å². The monoisotopic (exact) mass is 629 g/mol. The number of allylic oxidation sites excluding steroid dienone is 1. The summed E-state index contributed by atoms with van der Waals surface area (Å²) in [5, 5.41) is 13.5. The van der Waals surface area contributed by atoms with Crippen molar-refractivity contribution in [3.05, 3.63) is 34.8 Å². The maximum atomic E-state index is 13.7. The Morgan fingerprint density at radius 2 is 2.00 bits per heavy atom. The molecule has 1 aliphatic heterocycles. The molecule has 2 aromatic rings. The van der Waals surface area contributed by atoms with E-state index in [9.17, 15) is 19.5 Å². The number of halogens is 1. The molecule has 5 rings (SSSR count). The fourth-order valence-corrected chi connectivity index (χ4v) is 6.63. The van der Waals surface area contributed by atoms with E-state index >= 15 is 0 Å². The number of fused-ring (bicyclic) bond motifs is 3. The second-order valence-corrected chi connectivity index (χ2v) is 11.8. The second-order valence-electron chi connectivity index (χ2n) is 11.1. The molecule has 2 fully saturated rings. The Hall–Kier alpha value is -3.34. The van der Waals surface area contributed by atoms with Gasteiger partial charge in [-0.05, 0) is 73.5 Å². The number of carbonyl (C=O) groups excluding carboxylic acids is 2. The van der Waals surface area contributed by atoms with E-state index in [0.717, 1.165) is 24.6 Å². The lowest BCUT2D eigenvalue weighted by atomic mass is 9.93. The fraction of sp³-hybridized carbons (Fsp3) is 0.533. The molecule has 11 heteroatoms. The molecule has 5 atom stereocenters. The highest BCUT2D eigenvalue weighted by molar-refractivity contribution is 9.10. The van der Waals surface area contributed by atoms with Crippen molar-refractivity contribution >= 4 is 44.6 Å². The molecule has 2 N–H and O–H groups in total. The first kappa shape index (κ1) is 29.2. The SMILES string of the molecule is CCOc1cc(OC2CC3C(=O)NC4(C(=O)O)CC4/C=C/CCCCN(C)C(=O)C3C2)c2ccc(OC)c(Br)c2n1. The average Bonchev–Trinajstić information content (AvgIpc) is 3.48. The van der Waals surface area contributed by atoms with Crippen LogP contribution in [0.5, 0.6) is 17.4 Å². The standard InChI is InChI=1S/C30H36BrN3O7/c1-4-40-24-15-23(19-10-11-22(39-3)25(31)26(19)32-24)41-18-13-20-21(14-18)28(36)34(2)12-8-6-5-7-9-17-16-30(17,29(37)38)33-27(20)35/h7,9-11,15,17-18,20-21H,4-6,8,12-14,16H2,1-3H3,(H,33,35)(H,37,38)/b9-7+. The third-order valence-corrected chi connectivity index (χ3v) is 9.17. The number of amides is 2. The Labute approximate surface area is 247 Å². The predicted molar refractivity (Wildman–Crippen MR) is 155 cm³/mol. The van der Waals surface area contributed by atoms with E-state index in [2.05, 4.69) is 26.2 Å². The first-order valence-corrected chi connectivity index (χ1v) is 14.9. The number of aliphatic carboxylic acids is 1. The molecule has 0 saturated heterocycles. The minimum atomic E-state index is -1.32. The number of nitrogens with zero attached hydrogens (tertiary/aromatic N) is 2. The number of carboxylic acid groups (broad SMARTS) is 1. The minimum Gasteiger partial charge on any atom is -0.495 e. The summed E-state index contributed by atoms with van der Waals surface area (Å²) < 4.78 is 18.3. The van der Waals surface area contributed by atoms with Crippen LogP contribution in [0.1, 0.15) is 45.4 Å². The van der Waals surface area contributed by atoms with E-state index in [0.29, 0.717) is 53.4 Å². The number of carboxylic acids is 1. The second kappa shape index (κ2) is 11.9. The van der Waals surface area contributed by atoms with E-state index in [4.69, 9.17) is 14.2 Å². The number of ether oxygens (including phenoxy) is 3. The molecule has 3 aliphatic rings. The van der Waals surface area contributed by atoms with Gasteiger partial charge < -0.3 is 29.5 Å². The van der Waals surface area contributed by atoms with Crippen molar-refractivity contribution in [2.45, 2.75) is 57.1 Å². The molecule has 2 amide bonds. The quantitative estimate of drug-likeness (QED) is 0.452. The van der Waals surface area contributed by atoms with Crippen LogP contribution < -0.4 is 19.5 Å². The summed E-state index contributed by atoms with van der Waals surface area (Å²) in [6.07, 6.45) is 6.91. The number of carbonyl (C=O) groups is 3. The number of pyridine rings is 1. The van der Waals surface area contributed by atoms with Gasteiger partial charge >= 0.3 is 5.97 Å². The molecule has 0 radical (unpaired) electrons. The van der Waals surface area contributed by atoms with Gasteiger partial charge in [0.25, 0.3) is 0 Å². The summed E-state index contributed by atoms with van der Waals surface area (Å²) in [5.41, 5.74) is -0.721. The largest absolute Gasteiger partial charge is 0.495 e. The smallest absolute Gasteiger partial charge is 0.330 e. The number of nitrogens with one attached hydrogen (secondary N) is 1. The van der Waals surface area contributed by atoms with Crippen LogP contribution in [0.25, 0.3) is 10.9 Å². The summed E-state index contributed by atoms with van der Waals surface area (Å²) in [6.45, 7) is 2.87. The van der Waals surface area contributed by atoms with E-state index in [1.54, 1.807) is 25.1 Å². The highest BCUT2D eigenvalue weighted by Gasteiger charge is 2.61. The van der Waals surface area contributed by atoms with Gasteiger partial charge in [-0.2, -0.15) is 0 Å². The van der Waals surface area contributed by atoms with Crippen molar-refractivity contribution < 1.29 is 33.7 Å². The van der Waals surface area contributed by atoms with Crippen molar-refractivity contribution in [1.29, 1.82) is 0 Å². The number of rotatable bonds is 6. The van der Waals surface area contributed by atoms with Crippen molar-refractivity contribution in [2.24, 2.45) is 17.8 Å². The van der Waals surface area contributed by atoms with Gasteiger partial charge in [0.2, 0.25) is 17.7 Å². The minimum absolute atomic E-state index is 0.123. The van der Waals surface area contributed by atoms with Gasteiger partial charge in [0, 0.05) is 31.0 Å². The molecule has 10 nitrogen and oxygen atoms in total. The van der Waals surface area contributed by atoms with Gasteiger partial charge in [0.1, 0.15) is 23.1 Å². The first-order valence-electron chi connectivity index (χ1n) is 14.1. The van der Waals surface area contributed by atoms with Crippen LogP contribution in [0, 0.1) is 17.8 Å². The number of hydrogen-bond donors (Lipinski definition) is 2. The maximum absolute atomic E-state index is 13.7. The lowest BCUT2D eigenvalue weighted by Crippen LogP contribution is -2.49. The highest BCUT2D eigenvalue weighted by Crippen LogP contribution is 2.47. The summed E-state index contributed by atoms with van der Waals surface area (Å²) in [7, 11) is 3.34. The zero-order valence-electron chi connectivity index (χ0n) is 23.5. The summed E-state index contributed by atoms with van der Waals surface area (Å²) in [4.78, 5) is 45.8. The van der Waals surface area contributed by atoms with Gasteiger partial charge in [-0.15, -0.1) is 0 Å². The average molecular weight is 631 g/mol. The van der Waals surface area contributed by atoms with Crippen LogP contribution in [-0.2, 0) is 14.4 Å². The summed E-state index contributed by atoms with van der Waals surface area (Å²) in [6, 6.07) is 5.38. The number of aromatic nitrogens is 1. The molecule has 220 valence electrons. The zero-order valence-corrected chi connectivity index (χ0v) is 25.1. The van der Waals surface area contributed by atoms with Gasteiger partial charge in [-0.25, -0.2) is 9.78 Å². The molecule has 2 aliphatic carbocycles. The molecule has 5 unspecified atom stereocenters. The van der Waals surface area contributed by atoms with E-state index in [1.165, 1.54) is 0 Å². The van der Waals surface area contributed by atoms with E-state index in [-0.39, 0.29) is 18.2 Å². The van der Waals surface area contributed by atoms with Crippen molar-refractivity contribution in [1.82, 2.24) is 15.2 Å². The lowest BCUT2D eigenvalue weighted by molar-refractivity contribution is -0.145.